The Balaban J connectivity index is 1.68. The number of hydrogen-bond donors (Lipinski definition) is 2. The minimum absolute atomic E-state index is 0.0112. The summed E-state index contributed by atoms with van der Waals surface area (Å²) in [7, 11) is 0. The van der Waals surface area contributed by atoms with Gasteiger partial charge in [0.15, 0.2) is 0 Å². The van der Waals surface area contributed by atoms with Crippen LogP contribution in [0.1, 0.15) is 42.5 Å². The van der Waals surface area contributed by atoms with Crippen molar-refractivity contribution in [2.24, 2.45) is 11.0 Å². The van der Waals surface area contributed by atoms with Gasteiger partial charge in [-0.25, -0.2) is 5.43 Å². The van der Waals surface area contributed by atoms with Gasteiger partial charge in [0.2, 0.25) is 5.91 Å². The highest BCUT2D eigenvalue weighted by Gasteiger charge is 2.21. The summed E-state index contributed by atoms with van der Waals surface area (Å²) in [4.78, 5) is 24.5. The lowest BCUT2D eigenvalue weighted by Gasteiger charge is -2.20. The number of carbonyl (C=O) groups is 2. The van der Waals surface area contributed by atoms with Gasteiger partial charge in [0.05, 0.1) is 12.8 Å². The van der Waals surface area contributed by atoms with Gasteiger partial charge in [-0.05, 0) is 36.8 Å². The van der Waals surface area contributed by atoms with Gasteiger partial charge in [-0.1, -0.05) is 19.3 Å². The number of hydrogen-bond acceptors (Lipinski definition) is 4. The minimum atomic E-state index is -0.301. The van der Waals surface area contributed by atoms with Crippen molar-refractivity contribution in [2.45, 2.75) is 39.0 Å². The lowest BCUT2D eigenvalue weighted by Crippen LogP contribution is -2.38. The van der Waals surface area contributed by atoms with Crippen LogP contribution in [-0.4, -0.2) is 24.6 Å². The van der Waals surface area contributed by atoms with E-state index < -0.39 is 0 Å². The highest BCUT2D eigenvalue weighted by atomic mass is 32.1. The monoisotopic (exact) mass is 307 g/mol. The second-order valence-electron chi connectivity index (χ2n) is 5.31. The average molecular weight is 307 g/mol. The molecule has 1 heterocycles. The van der Waals surface area contributed by atoms with E-state index in [0.29, 0.717) is 0 Å². The molecule has 0 bridgehead atoms. The quantitative estimate of drug-likeness (QED) is 0.647. The predicted octanol–water partition coefficient (Wildman–Crippen LogP) is 2.20. The van der Waals surface area contributed by atoms with Gasteiger partial charge in [0.25, 0.3) is 5.91 Å². The van der Waals surface area contributed by atoms with E-state index in [1.807, 2.05) is 18.4 Å². The molecule has 0 spiro atoms. The average Bonchev–Trinajstić information content (AvgIpc) is 2.91. The van der Waals surface area contributed by atoms with Crippen LogP contribution in [0, 0.1) is 12.8 Å². The number of hydrazone groups is 1. The van der Waals surface area contributed by atoms with E-state index in [-0.39, 0.29) is 24.3 Å². The van der Waals surface area contributed by atoms with Crippen LogP contribution < -0.4 is 10.7 Å². The topological polar surface area (TPSA) is 70.6 Å². The second-order valence-corrected chi connectivity index (χ2v) is 6.26. The standard InChI is InChI=1S/C15H21N3O2S/c1-11-7-8-21-13(11)9-17-18-14(19)10-16-15(20)12-5-3-2-4-6-12/h7-9,12H,2-6,10H2,1H3,(H,16,20)(H,18,19). The summed E-state index contributed by atoms with van der Waals surface area (Å²) in [6.45, 7) is 1.97. The van der Waals surface area contributed by atoms with Crippen molar-refractivity contribution in [3.8, 4) is 0 Å². The van der Waals surface area contributed by atoms with Crippen molar-refractivity contribution >= 4 is 29.4 Å². The molecular formula is C15H21N3O2S. The Bertz CT molecular complexity index is 519. The van der Waals surface area contributed by atoms with Crippen molar-refractivity contribution in [3.63, 3.8) is 0 Å². The molecule has 114 valence electrons. The van der Waals surface area contributed by atoms with E-state index in [2.05, 4.69) is 15.8 Å². The maximum Gasteiger partial charge on any atom is 0.259 e. The van der Waals surface area contributed by atoms with Crippen LogP contribution in [0.25, 0.3) is 0 Å². The summed E-state index contributed by atoms with van der Waals surface area (Å²) in [6, 6.07) is 2.00. The number of thiophene rings is 1. The van der Waals surface area contributed by atoms with E-state index in [9.17, 15) is 9.59 Å². The van der Waals surface area contributed by atoms with Crippen molar-refractivity contribution < 1.29 is 9.59 Å². The van der Waals surface area contributed by atoms with E-state index in [1.54, 1.807) is 17.6 Å². The van der Waals surface area contributed by atoms with Crippen molar-refractivity contribution in [2.75, 3.05) is 6.54 Å². The SMILES string of the molecule is Cc1ccsc1C=NNC(=O)CNC(=O)C1CCCCC1. The fourth-order valence-corrected chi connectivity index (χ4v) is 3.18. The summed E-state index contributed by atoms with van der Waals surface area (Å²) in [5.41, 5.74) is 3.56. The molecule has 1 aromatic rings. The summed E-state index contributed by atoms with van der Waals surface area (Å²) < 4.78 is 0. The molecule has 1 fully saturated rings. The lowest BCUT2D eigenvalue weighted by atomic mass is 9.89. The van der Waals surface area contributed by atoms with Gasteiger partial charge in [0.1, 0.15) is 0 Å². The molecule has 2 rings (SSSR count). The van der Waals surface area contributed by atoms with Gasteiger partial charge in [0, 0.05) is 10.8 Å². The first kappa shape index (κ1) is 15.7. The third-order valence-electron chi connectivity index (χ3n) is 3.67. The number of amides is 2. The van der Waals surface area contributed by atoms with Gasteiger partial charge in [-0.2, -0.15) is 5.10 Å². The number of carbonyl (C=O) groups excluding carboxylic acids is 2. The van der Waals surface area contributed by atoms with Crippen LogP contribution >= 0.6 is 11.3 Å². The maximum absolute atomic E-state index is 11.9. The highest BCUT2D eigenvalue weighted by molar-refractivity contribution is 7.11. The molecule has 21 heavy (non-hydrogen) atoms. The molecule has 1 saturated carbocycles. The highest BCUT2D eigenvalue weighted by Crippen LogP contribution is 2.23. The largest absolute Gasteiger partial charge is 0.347 e. The zero-order valence-corrected chi connectivity index (χ0v) is 13.0. The van der Waals surface area contributed by atoms with Crippen LogP contribution in [0.3, 0.4) is 0 Å². The van der Waals surface area contributed by atoms with Gasteiger partial charge in [-0.15, -0.1) is 11.3 Å². The fraction of sp³-hybridized carbons (Fsp3) is 0.533. The van der Waals surface area contributed by atoms with Crippen LogP contribution in [0.5, 0.6) is 0 Å². The number of nitrogens with zero attached hydrogens (tertiary/aromatic N) is 1. The summed E-state index contributed by atoms with van der Waals surface area (Å²) >= 11 is 1.57. The Morgan fingerprint density at radius 1 is 1.38 bits per heavy atom. The molecule has 0 unspecified atom stereocenters. The van der Waals surface area contributed by atoms with Crippen LogP contribution in [0.15, 0.2) is 16.5 Å². The Kier molecular flexibility index (Phi) is 5.92. The van der Waals surface area contributed by atoms with E-state index in [1.165, 1.54) is 6.42 Å². The molecule has 1 aliphatic rings. The van der Waals surface area contributed by atoms with E-state index in [0.717, 1.165) is 36.1 Å². The van der Waals surface area contributed by atoms with Crippen molar-refractivity contribution in [1.29, 1.82) is 0 Å². The molecule has 0 aliphatic heterocycles. The molecule has 2 amide bonds. The smallest absolute Gasteiger partial charge is 0.259 e. The third kappa shape index (κ3) is 4.97. The summed E-state index contributed by atoms with van der Waals surface area (Å²) in [5.74, 6) is -0.239. The maximum atomic E-state index is 11.9. The van der Waals surface area contributed by atoms with E-state index >= 15 is 0 Å². The fourth-order valence-electron chi connectivity index (χ4n) is 2.40. The Labute approximate surface area is 128 Å². The molecule has 2 N–H and O–H groups in total. The normalized spacial score (nSPS) is 16.0. The molecule has 0 saturated heterocycles. The Morgan fingerprint density at radius 3 is 2.81 bits per heavy atom. The second kappa shape index (κ2) is 7.93. The van der Waals surface area contributed by atoms with Gasteiger partial charge >= 0.3 is 0 Å². The molecule has 1 aromatic heterocycles. The first-order valence-electron chi connectivity index (χ1n) is 7.30. The molecular weight excluding hydrogens is 286 g/mol. The number of nitrogens with one attached hydrogen (secondary N) is 2. The van der Waals surface area contributed by atoms with Crippen LogP contribution in [0.4, 0.5) is 0 Å². The molecule has 6 heteroatoms. The van der Waals surface area contributed by atoms with Crippen molar-refractivity contribution in [3.05, 3.63) is 21.9 Å². The molecule has 0 atom stereocenters. The number of rotatable bonds is 5. The predicted molar refractivity (Wildman–Crippen MR) is 84.4 cm³/mol. The van der Waals surface area contributed by atoms with Crippen LogP contribution in [0.2, 0.25) is 0 Å². The van der Waals surface area contributed by atoms with Gasteiger partial charge < -0.3 is 5.32 Å². The first-order chi connectivity index (χ1) is 10.2. The molecule has 1 aliphatic carbocycles. The zero-order chi connectivity index (χ0) is 15.1. The number of aryl methyl sites for hydroxylation is 1. The molecule has 0 aromatic carbocycles. The Morgan fingerprint density at radius 2 is 2.14 bits per heavy atom. The summed E-state index contributed by atoms with van der Waals surface area (Å²) in [6.07, 6.45) is 6.91. The first-order valence-corrected chi connectivity index (χ1v) is 8.18. The molecule has 0 radical (unpaired) electrons. The third-order valence-corrected chi connectivity index (χ3v) is 4.63. The Hall–Kier alpha value is -1.69. The zero-order valence-electron chi connectivity index (χ0n) is 12.2. The van der Waals surface area contributed by atoms with E-state index in [4.69, 9.17) is 0 Å². The van der Waals surface area contributed by atoms with Crippen LogP contribution in [-0.2, 0) is 9.59 Å². The minimum Gasteiger partial charge on any atom is -0.347 e. The van der Waals surface area contributed by atoms with Gasteiger partial charge in [-0.3, -0.25) is 9.59 Å². The van der Waals surface area contributed by atoms with Crippen molar-refractivity contribution in [1.82, 2.24) is 10.7 Å². The lowest BCUT2D eigenvalue weighted by molar-refractivity contribution is -0.129. The molecule has 5 nitrogen and oxygen atoms in total. The summed E-state index contributed by atoms with van der Waals surface area (Å²) in [5, 5.41) is 8.56.